The molecule has 1 amide bonds. The van der Waals surface area contributed by atoms with Crippen molar-refractivity contribution < 1.29 is 18.5 Å². The van der Waals surface area contributed by atoms with Crippen LogP contribution in [0.1, 0.15) is 22.5 Å². The van der Waals surface area contributed by atoms with Gasteiger partial charge in [0, 0.05) is 6.07 Å². The highest BCUT2D eigenvalue weighted by molar-refractivity contribution is 5.93. The molecule has 86 valence electrons. The van der Waals surface area contributed by atoms with Crippen LogP contribution in [-0.2, 0) is 0 Å². The van der Waals surface area contributed by atoms with Crippen LogP contribution in [0.25, 0.3) is 0 Å². The number of aromatic nitrogens is 1. The Hall–Kier alpha value is -2.32. The molecule has 0 fully saturated rings. The molecule has 9 heteroatoms. The Morgan fingerprint density at radius 2 is 2.12 bits per heavy atom. The molecule has 0 unspecified atom stereocenters. The summed E-state index contributed by atoms with van der Waals surface area (Å²) in [4.78, 5) is 32.6. The number of hydrogen-bond acceptors (Lipinski definition) is 4. The number of primary amides is 1. The Balaban J connectivity index is 3.56. The van der Waals surface area contributed by atoms with Gasteiger partial charge >= 0.3 is 0 Å². The molecule has 0 bridgehead atoms. The van der Waals surface area contributed by atoms with Gasteiger partial charge in [0.1, 0.15) is 5.56 Å². The van der Waals surface area contributed by atoms with Crippen molar-refractivity contribution in [1.82, 2.24) is 4.98 Å². The number of pyridine rings is 1. The van der Waals surface area contributed by atoms with Gasteiger partial charge in [-0.3, -0.25) is 19.7 Å². The molecule has 1 aromatic rings. The number of nitrogens with one attached hydrogen (secondary N) is 1. The zero-order valence-corrected chi connectivity index (χ0v) is 7.57. The van der Waals surface area contributed by atoms with Crippen LogP contribution in [-0.4, -0.2) is 15.8 Å². The molecule has 0 aliphatic rings. The normalized spacial score (nSPS) is 10.4. The van der Waals surface area contributed by atoms with E-state index in [-0.39, 0.29) is 0 Å². The van der Waals surface area contributed by atoms with Crippen LogP contribution >= 0.6 is 0 Å². The maximum absolute atomic E-state index is 12.3. The lowest BCUT2D eigenvalue weighted by Crippen LogP contribution is -2.25. The van der Waals surface area contributed by atoms with Gasteiger partial charge in [-0.1, -0.05) is 0 Å². The van der Waals surface area contributed by atoms with E-state index in [2.05, 4.69) is 0 Å². The highest BCUT2D eigenvalue weighted by Gasteiger charge is 2.25. The second-order valence-electron chi connectivity index (χ2n) is 2.73. The van der Waals surface area contributed by atoms with Gasteiger partial charge in [0.15, 0.2) is 5.69 Å². The third-order valence-corrected chi connectivity index (χ3v) is 1.73. The maximum atomic E-state index is 12.3. The van der Waals surface area contributed by atoms with Gasteiger partial charge in [-0.2, -0.15) is 0 Å². The van der Waals surface area contributed by atoms with Crippen molar-refractivity contribution in [3.63, 3.8) is 0 Å². The van der Waals surface area contributed by atoms with Gasteiger partial charge in [-0.15, -0.1) is 0 Å². The van der Waals surface area contributed by atoms with E-state index in [0.29, 0.717) is 6.07 Å². The second-order valence-corrected chi connectivity index (χ2v) is 2.73. The van der Waals surface area contributed by atoms with Crippen LogP contribution in [0.15, 0.2) is 10.9 Å². The summed E-state index contributed by atoms with van der Waals surface area (Å²) in [5.41, 5.74) is 0.609. The first kappa shape index (κ1) is 11.8. The zero-order valence-electron chi connectivity index (χ0n) is 7.57. The SMILES string of the molecule is NC(=O)c1cc([N+](=O)[O-])c(C(F)F)[nH]c1=O. The Morgan fingerprint density at radius 3 is 2.50 bits per heavy atom. The van der Waals surface area contributed by atoms with Gasteiger partial charge in [0.2, 0.25) is 0 Å². The van der Waals surface area contributed by atoms with Crippen LogP contribution in [0.2, 0.25) is 0 Å². The first-order chi connectivity index (χ1) is 7.34. The molecule has 1 heterocycles. The third kappa shape index (κ3) is 2.02. The van der Waals surface area contributed by atoms with Gasteiger partial charge in [-0.05, 0) is 0 Å². The summed E-state index contributed by atoms with van der Waals surface area (Å²) in [6, 6.07) is 0.433. The van der Waals surface area contributed by atoms with Crippen molar-refractivity contribution in [3.8, 4) is 0 Å². The van der Waals surface area contributed by atoms with Gasteiger partial charge in [-0.25, -0.2) is 8.78 Å². The molecule has 0 radical (unpaired) electrons. The molecule has 0 aliphatic heterocycles. The summed E-state index contributed by atoms with van der Waals surface area (Å²) in [5.74, 6) is -1.23. The summed E-state index contributed by atoms with van der Waals surface area (Å²) < 4.78 is 24.6. The molecule has 0 aliphatic carbocycles. The number of carbonyl (C=O) groups is 1. The highest BCUT2D eigenvalue weighted by atomic mass is 19.3. The molecular weight excluding hydrogens is 228 g/mol. The van der Waals surface area contributed by atoms with Crippen molar-refractivity contribution in [3.05, 3.63) is 37.8 Å². The molecule has 1 rings (SSSR count). The van der Waals surface area contributed by atoms with Crippen LogP contribution in [0.3, 0.4) is 0 Å². The summed E-state index contributed by atoms with van der Waals surface area (Å²) in [7, 11) is 0. The zero-order chi connectivity index (χ0) is 12.5. The number of alkyl halides is 2. The van der Waals surface area contributed by atoms with E-state index in [1.165, 1.54) is 0 Å². The fourth-order valence-electron chi connectivity index (χ4n) is 1.03. The largest absolute Gasteiger partial charge is 0.365 e. The number of amides is 1. The lowest BCUT2D eigenvalue weighted by molar-refractivity contribution is -0.386. The Morgan fingerprint density at radius 1 is 1.56 bits per heavy atom. The predicted molar refractivity (Wildman–Crippen MR) is 47.2 cm³/mol. The molecule has 0 saturated heterocycles. The van der Waals surface area contributed by atoms with E-state index < -0.39 is 39.8 Å². The predicted octanol–water partition coefficient (Wildman–Crippen LogP) is 0.320. The Bertz CT molecular complexity index is 511. The van der Waals surface area contributed by atoms with Gasteiger partial charge in [0.05, 0.1) is 4.92 Å². The van der Waals surface area contributed by atoms with Crippen LogP contribution in [0.4, 0.5) is 14.5 Å². The van der Waals surface area contributed by atoms with E-state index in [4.69, 9.17) is 5.73 Å². The monoisotopic (exact) mass is 233 g/mol. The fourth-order valence-corrected chi connectivity index (χ4v) is 1.03. The van der Waals surface area contributed by atoms with Gasteiger partial charge < -0.3 is 10.7 Å². The second kappa shape index (κ2) is 4.04. The van der Waals surface area contributed by atoms with E-state index in [0.717, 1.165) is 0 Å². The molecule has 16 heavy (non-hydrogen) atoms. The maximum Gasteiger partial charge on any atom is 0.295 e. The molecule has 0 aromatic carbocycles. The molecule has 7 nitrogen and oxygen atoms in total. The van der Waals surface area contributed by atoms with Crippen molar-refractivity contribution in [2.45, 2.75) is 6.43 Å². The number of rotatable bonds is 3. The number of hydrogen-bond donors (Lipinski definition) is 2. The minimum Gasteiger partial charge on any atom is -0.365 e. The van der Waals surface area contributed by atoms with Crippen LogP contribution < -0.4 is 11.3 Å². The number of H-pyrrole nitrogens is 1. The van der Waals surface area contributed by atoms with E-state index in [9.17, 15) is 28.5 Å². The minimum atomic E-state index is -3.23. The standard InChI is InChI=1S/C7H5F2N3O4/c8-5(9)4-3(12(15)16)1-2(6(10)13)7(14)11-4/h1,5H,(H2,10,13)(H,11,14). The number of carbonyl (C=O) groups excluding carboxylic acids is 1. The molecule has 0 atom stereocenters. The summed E-state index contributed by atoms with van der Waals surface area (Å²) in [6.45, 7) is 0. The lowest BCUT2D eigenvalue weighted by atomic mass is 10.2. The Kier molecular flexibility index (Phi) is 2.97. The highest BCUT2D eigenvalue weighted by Crippen LogP contribution is 2.25. The van der Waals surface area contributed by atoms with Gasteiger partial charge in [0.25, 0.3) is 23.6 Å². The minimum absolute atomic E-state index is 0.433. The molecular formula is C7H5F2N3O4. The summed E-state index contributed by atoms with van der Waals surface area (Å²) in [6.07, 6.45) is -3.23. The molecule has 1 aromatic heterocycles. The first-order valence-corrected chi connectivity index (χ1v) is 3.84. The number of aromatic amines is 1. The molecule has 0 spiro atoms. The smallest absolute Gasteiger partial charge is 0.295 e. The van der Waals surface area contributed by atoms with Crippen molar-refractivity contribution >= 4 is 11.6 Å². The number of nitro groups is 1. The van der Waals surface area contributed by atoms with Crippen molar-refractivity contribution in [2.75, 3.05) is 0 Å². The first-order valence-electron chi connectivity index (χ1n) is 3.84. The number of nitrogens with zero attached hydrogens (tertiary/aromatic N) is 1. The topological polar surface area (TPSA) is 119 Å². The van der Waals surface area contributed by atoms with Crippen molar-refractivity contribution in [2.24, 2.45) is 5.73 Å². The molecule has 0 saturated carbocycles. The quantitative estimate of drug-likeness (QED) is 0.576. The molecule has 3 N–H and O–H groups in total. The lowest BCUT2D eigenvalue weighted by Gasteiger charge is -2.02. The van der Waals surface area contributed by atoms with E-state index in [1.54, 1.807) is 4.98 Å². The third-order valence-electron chi connectivity index (χ3n) is 1.73. The Labute approximate surface area is 86.0 Å². The average molecular weight is 233 g/mol. The van der Waals surface area contributed by atoms with Crippen LogP contribution in [0.5, 0.6) is 0 Å². The fraction of sp³-hybridized carbons (Fsp3) is 0.143. The van der Waals surface area contributed by atoms with E-state index in [1.807, 2.05) is 0 Å². The van der Waals surface area contributed by atoms with E-state index >= 15 is 0 Å². The average Bonchev–Trinajstić information content (AvgIpc) is 2.15. The summed E-state index contributed by atoms with van der Waals surface area (Å²) in [5, 5.41) is 10.4. The van der Waals surface area contributed by atoms with Crippen LogP contribution in [0, 0.1) is 10.1 Å². The van der Waals surface area contributed by atoms with Crippen molar-refractivity contribution in [1.29, 1.82) is 0 Å². The number of nitrogens with two attached hydrogens (primary N) is 1. The number of halogens is 2. The summed E-state index contributed by atoms with van der Waals surface area (Å²) >= 11 is 0.